The van der Waals surface area contributed by atoms with Crippen molar-refractivity contribution >= 4 is 5.91 Å². The standard InChI is InChI=1S/C23H31NO2/c1-15-9-17(16-3-4-16)5-6-20(15)18-7-8-23(12-18)13-24(14-23)21(25)19-10-22(2,26)11-19/h5-6,9,16,18-19,26H,3-4,7-8,10-14H2,1-2H3. The van der Waals surface area contributed by atoms with E-state index in [-0.39, 0.29) is 11.8 Å². The van der Waals surface area contributed by atoms with Crippen LogP contribution in [0, 0.1) is 18.3 Å². The van der Waals surface area contributed by atoms with Crippen LogP contribution in [0.15, 0.2) is 18.2 Å². The average Bonchev–Trinajstić information content (AvgIpc) is 3.29. The molecule has 0 radical (unpaired) electrons. The predicted molar refractivity (Wildman–Crippen MR) is 102 cm³/mol. The van der Waals surface area contributed by atoms with Crippen LogP contribution in [0.4, 0.5) is 0 Å². The first kappa shape index (κ1) is 16.8. The van der Waals surface area contributed by atoms with Gasteiger partial charge in [0, 0.05) is 24.4 Å². The lowest BCUT2D eigenvalue weighted by Crippen LogP contribution is -2.61. The number of benzene rings is 1. The molecule has 1 heterocycles. The number of nitrogens with zero attached hydrogens (tertiary/aromatic N) is 1. The van der Waals surface area contributed by atoms with E-state index in [9.17, 15) is 9.90 Å². The van der Waals surface area contributed by atoms with Crippen LogP contribution in [0.3, 0.4) is 0 Å². The summed E-state index contributed by atoms with van der Waals surface area (Å²) in [6.07, 6.45) is 7.78. The molecule has 1 spiro atoms. The summed E-state index contributed by atoms with van der Waals surface area (Å²) >= 11 is 0. The van der Waals surface area contributed by atoms with Gasteiger partial charge in [0.05, 0.1) is 5.60 Å². The molecule has 1 aliphatic heterocycles. The van der Waals surface area contributed by atoms with Gasteiger partial charge in [-0.25, -0.2) is 0 Å². The Morgan fingerprint density at radius 3 is 2.46 bits per heavy atom. The molecule has 1 N–H and O–H groups in total. The molecular weight excluding hydrogens is 322 g/mol. The molecule has 1 atom stereocenters. The predicted octanol–water partition coefficient (Wildman–Crippen LogP) is 4.13. The molecule has 4 aliphatic rings. The Kier molecular flexibility index (Phi) is 3.60. The fourth-order valence-electron chi connectivity index (χ4n) is 5.94. The van der Waals surface area contributed by atoms with Gasteiger partial charge in [-0.2, -0.15) is 0 Å². The molecule has 5 rings (SSSR count). The molecule has 0 bridgehead atoms. The van der Waals surface area contributed by atoms with Crippen LogP contribution in [0.5, 0.6) is 0 Å². The Morgan fingerprint density at radius 1 is 1.12 bits per heavy atom. The van der Waals surface area contributed by atoms with Gasteiger partial charge in [0.15, 0.2) is 0 Å². The highest BCUT2D eigenvalue weighted by molar-refractivity contribution is 5.81. The molecule has 1 aromatic carbocycles. The maximum Gasteiger partial charge on any atom is 0.225 e. The van der Waals surface area contributed by atoms with Crippen molar-refractivity contribution in [2.45, 2.75) is 76.2 Å². The van der Waals surface area contributed by atoms with Crippen LogP contribution < -0.4 is 0 Å². The molecule has 4 fully saturated rings. The zero-order chi connectivity index (χ0) is 18.1. The SMILES string of the molecule is Cc1cc(C2CC2)ccc1C1CCC2(C1)CN(C(=O)C1CC(C)(O)C1)C2. The number of aryl methyl sites for hydroxylation is 1. The number of hydrogen-bond acceptors (Lipinski definition) is 2. The Morgan fingerprint density at radius 2 is 1.85 bits per heavy atom. The number of aliphatic hydroxyl groups is 1. The number of carbonyl (C=O) groups is 1. The second-order valence-electron chi connectivity index (χ2n) is 10.1. The maximum absolute atomic E-state index is 12.6. The smallest absolute Gasteiger partial charge is 0.225 e. The van der Waals surface area contributed by atoms with E-state index in [0.29, 0.717) is 24.2 Å². The molecule has 3 aliphatic carbocycles. The van der Waals surface area contributed by atoms with Gasteiger partial charge in [-0.3, -0.25) is 4.79 Å². The molecule has 26 heavy (non-hydrogen) atoms. The average molecular weight is 354 g/mol. The monoisotopic (exact) mass is 353 g/mol. The summed E-state index contributed by atoms with van der Waals surface area (Å²) in [5, 5.41) is 9.88. The number of hydrogen-bond donors (Lipinski definition) is 1. The summed E-state index contributed by atoms with van der Waals surface area (Å²) in [4.78, 5) is 14.6. The van der Waals surface area contributed by atoms with Crippen molar-refractivity contribution in [1.82, 2.24) is 4.90 Å². The topological polar surface area (TPSA) is 40.5 Å². The molecule has 3 heteroatoms. The van der Waals surface area contributed by atoms with E-state index in [4.69, 9.17) is 0 Å². The highest BCUT2D eigenvalue weighted by Crippen LogP contribution is 2.53. The fourth-order valence-corrected chi connectivity index (χ4v) is 5.94. The Balaban J connectivity index is 1.20. The fraction of sp³-hybridized carbons (Fsp3) is 0.696. The van der Waals surface area contributed by atoms with Crippen molar-refractivity contribution in [3.63, 3.8) is 0 Å². The van der Waals surface area contributed by atoms with Crippen LogP contribution in [0.1, 0.15) is 80.4 Å². The first-order chi connectivity index (χ1) is 12.3. The van der Waals surface area contributed by atoms with Crippen LogP contribution >= 0.6 is 0 Å². The van der Waals surface area contributed by atoms with E-state index in [1.807, 2.05) is 6.92 Å². The van der Waals surface area contributed by atoms with Crippen LogP contribution in [0.2, 0.25) is 0 Å². The van der Waals surface area contributed by atoms with Crippen molar-refractivity contribution in [2.75, 3.05) is 13.1 Å². The molecule has 1 saturated heterocycles. The first-order valence-electron chi connectivity index (χ1n) is 10.5. The quantitative estimate of drug-likeness (QED) is 0.887. The normalized spacial score (nSPS) is 35.3. The van der Waals surface area contributed by atoms with Gasteiger partial charge < -0.3 is 10.0 Å². The van der Waals surface area contributed by atoms with Gasteiger partial charge in [-0.15, -0.1) is 0 Å². The van der Waals surface area contributed by atoms with Crippen LogP contribution in [-0.4, -0.2) is 34.6 Å². The van der Waals surface area contributed by atoms with E-state index in [1.165, 1.54) is 43.2 Å². The summed E-state index contributed by atoms with van der Waals surface area (Å²) < 4.78 is 0. The molecule has 1 unspecified atom stereocenters. The van der Waals surface area contributed by atoms with Crippen molar-refractivity contribution in [1.29, 1.82) is 0 Å². The van der Waals surface area contributed by atoms with Crippen LogP contribution in [-0.2, 0) is 4.79 Å². The highest BCUT2D eigenvalue weighted by Gasteiger charge is 2.53. The summed E-state index contributed by atoms with van der Waals surface area (Å²) in [5.41, 5.74) is 4.32. The van der Waals surface area contributed by atoms with Crippen LogP contribution in [0.25, 0.3) is 0 Å². The third-order valence-electron chi connectivity index (χ3n) is 7.57. The van der Waals surface area contributed by atoms with Gasteiger partial charge in [-0.1, -0.05) is 18.2 Å². The number of carbonyl (C=O) groups excluding carboxylic acids is 1. The minimum Gasteiger partial charge on any atom is -0.390 e. The Hall–Kier alpha value is -1.35. The van der Waals surface area contributed by atoms with Crippen molar-refractivity contribution in [3.05, 3.63) is 34.9 Å². The zero-order valence-electron chi connectivity index (χ0n) is 16.1. The van der Waals surface area contributed by atoms with Crippen molar-refractivity contribution < 1.29 is 9.90 Å². The van der Waals surface area contributed by atoms with Crippen molar-refractivity contribution in [3.8, 4) is 0 Å². The lowest BCUT2D eigenvalue weighted by Gasteiger charge is -2.52. The zero-order valence-corrected chi connectivity index (χ0v) is 16.1. The van der Waals surface area contributed by atoms with E-state index in [2.05, 4.69) is 30.0 Å². The van der Waals surface area contributed by atoms with E-state index in [0.717, 1.165) is 19.0 Å². The second-order valence-corrected chi connectivity index (χ2v) is 10.1. The summed E-state index contributed by atoms with van der Waals surface area (Å²) in [6.45, 7) is 6.01. The lowest BCUT2D eigenvalue weighted by molar-refractivity contribution is -0.161. The summed E-state index contributed by atoms with van der Waals surface area (Å²) in [5.74, 6) is 1.86. The highest BCUT2D eigenvalue weighted by atomic mass is 16.3. The Bertz CT molecular complexity index is 735. The largest absolute Gasteiger partial charge is 0.390 e. The third-order valence-corrected chi connectivity index (χ3v) is 7.57. The minimum atomic E-state index is -0.606. The lowest BCUT2D eigenvalue weighted by atomic mass is 9.69. The van der Waals surface area contributed by atoms with Gasteiger partial charge in [0.2, 0.25) is 5.91 Å². The Labute approximate surface area is 156 Å². The molecule has 1 aromatic rings. The van der Waals surface area contributed by atoms with Gasteiger partial charge in [0.1, 0.15) is 0 Å². The van der Waals surface area contributed by atoms with E-state index in [1.54, 1.807) is 5.56 Å². The minimum absolute atomic E-state index is 0.0664. The molecule has 3 nitrogen and oxygen atoms in total. The van der Waals surface area contributed by atoms with Crippen molar-refractivity contribution in [2.24, 2.45) is 11.3 Å². The molecule has 3 saturated carbocycles. The third kappa shape index (κ3) is 2.79. The van der Waals surface area contributed by atoms with E-state index < -0.39 is 5.60 Å². The maximum atomic E-state index is 12.6. The number of amides is 1. The molecule has 0 aromatic heterocycles. The molecule has 140 valence electrons. The van der Waals surface area contributed by atoms with E-state index >= 15 is 0 Å². The number of rotatable bonds is 3. The second kappa shape index (κ2) is 5.58. The van der Waals surface area contributed by atoms with Gasteiger partial charge >= 0.3 is 0 Å². The summed E-state index contributed by atoms with van der Waals surface area (Å²) in [6, 6.07) is 7.19. The molecular formula is C23H31NO2. The van der Waals surface area contributed by atoms with Gasteiger partial charge in [-0.05, 0) is 87.3 Å². The number of likely N-dealkylation sites (tertiary alicyclic amines) is 1. The van der Waals surface area contributed by atoms with Gasteiger partial charge in [0.25, 0.3) is 0 Å². The molecule has 1 amide bonds. The first-order valence-corrected chi connectivity index (χ1v) is 10.5. The summed E-state index contributed by atoms with van der Waals surface area (Å²) in [7, 11) is 0.